The second-order valence-corrected chi connectivity index (χ2v) is 7.57. The number of carboxylic acids is 1. The van der Waals surface area contributed by atoms with Gasteiger partial charge in [-0.15, -0.1) is 0 Å². The third kappa shape index (κ3) is 10.7. The minimum absolute atomic E-state index is 0.248. The van der Waals surface area contributed by atoms with Crippen LogP contribution in [-0.4, -0.2) is 99.1 Å². The smallest absolute Gasteiger partial charge is 0.334 e. The lowest BCUT2D eigenvalue weighted by Gasteiger charge is -2.26. The van der Waals surface area contributed by atoms with Crippen molar-refractivity contribution in [1.29, 1.82) is 0 Å². The van der Waals surface area contributed by atoms with Gasteiger partial charge in [0, 0.05) is 37.8 Å². The zero-order valence-electron chi connectivity index (χ0n) is 17.5. The fraction of sp³-hybridized carbons (Fsp3) is 0.810. The summed E-state index contributed by atoms with van der Waals surface area (Å²) in [6.45, 7) is 9.18. The lowest BCUT2D eigenvalue weighted by molar-refractivity contribution is -0.140. The quantitative estimate of drug-likeness (QED) is 0.277. The van der Waals surface area contributed by atoms with Crippen LogP contribution in [0, 0.1) is 0 Å². The average Bonchev–Trinajstić information content (AvgIpc) is 2.73. The minimum atomic E-state index is -1.11. The number of aliphatic carboxylic acids is 1. The first kappa shape index (κ1) is 23.8. The number of esters is 1. The highest BCUT2D eigenvalue weighted by atomic mass is 16.5. The summed E-state index contributed by atoms with van der Waals surface area (Å²) in [6, 6.07) is 0. The zero-order valence-corrected chi connectivity index (χ0v) is 17.5. The molecule has 0 unspecified atom stereocenters. The van der Waals surface area contributed by atoms with E-state index in [1.54, 1.807) is 0 Å². The summed E-state index contributed by atoms with van der Waals surface area (Å²) in [5, 5.41) is 9.03. The molecule has 29 heavy (non-hydrogen) atoms. The van der Waals surface area contributed by atoms with Gasteiger partial charge in [0.05, 0.1) is 33.0 Å². The molecular formula is C21H36N2O6. The van der Waals surface area contributed by atoms with Gasteiger partial charge in [0.2, 0.25) is 0 Å². The van der Waals surface area contributed by atoms with E-state index in [9.17, 15) is 9.59 Å². The molecule has 2 aliphatic heterocycles. The number of ether oxygens (including phenoxy) is 3. The zero-order chi connectivity index (χ0) is 20.7. The normalized spacial score (nSPS) is 19.2. The Kier molecular flexibility index (Phi) is 11.9. The Bertz CT molecular complexity index is 513. The van der Waals surface area contributed by atoms with Gasteiger partial charge in [-0.05, 0) is 38.8 Å². The number of rotatable bonds is 13. The van der Waals surface area contributed by atoms with Crippen molar-refractivity contribution < 1.29 is 28.9 Å². The van der Waals surface area contributed by atoms with Gasteiger partial charge in [-0.1, -0.05) is 12.8 Å². The Labute approximate surface area is 173 Å². The Morgan fingerprint density at radius 2 is 1.38 bits per heavy atom. The van der Waals surface area contributed by atoms with Crippen molar-refractivity contribution in [2.24, 2.45) is 0 Å². The minimum Gasteiger partial charge on any atom is -0.478 e. The second kappa shape index (κ2) is 14.5. The molecule has 0 saturated carbocycles. The van der Waals surface area contributed by atoms with Crippen LogP contribution in [0.15, 0.2) is 11.6 Å². The number of carboxylic acid groups (broad SMARTS) is 1. The van der Waals surface area contributed by atoms with Crippen LogP contribution in [0.1, 0.15) is 38.5 Å². The van der Waals surface area contributed by atoms with Crippen molar-refractivity contribution in [3.05, 3.63) is 11.6 Å². The third-order valence-corrected chi connectivity index (χ3v) is 5.29. The SMILES string of the molecule is O=C(O)/C=C(\CCCN1CCOCC1)C(=O)OCCCCCCN1CCOCC1. The molecule has 2 heterocycles. The van der Waals surface area contributed by atoms with Crippen LogP contribution in [0.4, 0.5) is 0 Å². The highest BCUT2D eigenvalue weighted by Crippen LogP contribution is 2.11. The van der Waals surface area contributed by atoms with E-state index in [0.29, 0.717) is 13.0 Å². The summed E-state index contributed by atoms with van der Waals surface area (Å²) < 4.78 is 16.0. The molecule has 0 radical (unpaired) electrons. The van der Waals surface area contributed by atoms with Gasteiger partial charge >= 0.3 is 11.9 Å². The Hall–Kier alpha value is -1.48. The first-order valence-electron chi connectivity index (χ1n) is 10.9. The Morgan fingerprint density at radius 1 is 0.828 bits per heavy atom. The van der Waals surface area contributed by atoms with Crippen LogP contribution in [0.5, 0.6) is 0 Å². The summed E-state index contributed by atoms with van der Waals surface area (Å²) in [4.78, 5) is 28.0. The fourth-order valence-electron chi connectivity index (χ4n) is 3.57. The van der Waals surface area contributed by atoms with Gasteiger partial charge in [0.15, 0.2) is 0 Å². The van der Waals surface area contributed by atoms with Crippen LogP contribution in [0.2, 0.25) is 0 Å². The maximum atomic E-state index is 12.3. The van der Waals surface area contributed by atoms with E-state index in [-0.39, 0.29) is 5.57 Å². The second-order valence-electron chi connectivity index (χ2n) is 7.57. The molecule has 8 nitrogen and oxygen atoms in total. The lowest BCUT2D eigenvalue weighted by Crippen LogP contribution is -2.36. The molecule has 0 bridgehead atoms. The first-order chi connectivity index (χ1) is 14.1. The van der Waals surface area contributed by atoms with Gasteiger partial charge in [-0.25, -0.2) is 9.59 Å². The molecule has 2 rings (SSSR count). The van der Waals surface area contributed by atoms with E-state index in [1.165, 1.54) is 0 Å². The van der Waals surface area contributed by atoms with Crippen LogP contribution >= 0.6 is 0 Å². The number of hydrogen-bond donors (Lipinski definition) is 1. The van der Waals surface area contributed by atoms with E-state index < -0.39 is 11.9 Å². The van der Waals surface area contributed by atoms with Crippen LogP contribution in [-0.2, 0) is 23.8 Å². The van der Waals surface area contributed by atoms with Gasteiger partial charge in [-0.3, -0.25) is 9.80 Å². The van der Waals surface area contributed by atoms with Crippen molar-refractivity contribution >= 4 is 11.9 Å². The molecule has 166 valence electrons. The molecule has 8 heteroatoms. The molecule has 0 aromatic heterocycles. The van der Waals surface area contributed by atoms with Crippen molar-refractivity contribution in [3.8, 4) is 0 Å². The molecule has 0 amide bonds. The van der Waals surface area contributed by atoms with Gasteiger partial charge < -0.3 is 19.3 Å². The number of hydrogen-bond acceptors (Lipinski definition) is 7. The maximum absolute atomic E-state index is 12.3. The molecule has 0 aliphatic carbocycles. The number of nitrogens with zero attached hydrogens (tertiary/aromatic N) is 2. The number of unbranched alkanes of at least 4 members (excludes halogenated alkanes) is 3. The lowest BCUT2D eigenvalue weighted by atomic mass is 10.1. The summed E-state index contributed by atoms with van der Waals surface area (Å²) in [7, 11) is 0. The third-order valence-electron chi connectivity index (χ3n) is 5.29. The highest BCUT2D eigenvalue weighted by molar-refractivity contribution is 5.95. The molecular weight excluding hydrogens is 376 g/mol. The highest BCUT2D eigenvalue weighted by Gasteiger charge is 2.15. The molecule has 0 aromatic carbocycles. The van der Waals surface area contributed by atoms with E-state index >= 15 is 0 Å². The van der Waals surface area contributed by atoms with Crippen molar-refractivity contribution in [3.63, 3.8) is 0 Å². The molecule has 2 fully saturated rings. The molecule has 0 spiro atoms. The summed E-state index contributed by atoms with van der Waals surface area (Å²) in [5.74, 6) is -1.60. The number of carbonyl (C=O) groups excluding carboxylic acids is 1. The predicted octanol–water partition coefficient (Wildman–Crippen LogP) is 1.55. The maximum Gasteiger partial charge on any atom is 0.334 e. The van der Waals surface area contributed by atoms with Crippen molar-refractivity contribution in [1.82, 2.24) is 9.80 Å². The largest absolute Gasteiger partial charge is 0.478 e. The molecule has 2 aliphatic rings. The summed E-state index contributed by atoms with van der Waals surface area (Å²) >= 11 is 0. The van der Waals surface area contributed by atoms with E-state index in [0.717, 1.165) is 104 Å². The predicted molar refractivity (Wildman–Crippen MR) is 109 cm³/mol. The van der Waals surface area contributed by atoms with Crippen LogP contribution in [0.3, 0.4) is 0 Å². The molecule has 0 atom stereocenters. The molecule has 1 N–H and O–H groups in total. The van der Waals surface area contributed by atoms with Gasteiger partial charge in [0.25, 0.3) is 0 Å². The van der Waals surface area contributed by atoms with E-state index in [4.69, 9.17) is 19.3 Å². The van der Waals surface area contributed by atoms with Gasteiger partial charge in [-0.2, -0.15) is 0 Å². The van der Waals surface area contributed by atoms with Crippen LogP contribution < -0.4 is 0 Å². The number of morpholine rings is 2. The molecule has 2 saturated heterocycles. The number of carbonyl (C=O) groups is 2. The topological polar surface area (TPSA) is 88.5 Å². The first-order valence-corrected chi connectivity index (χ1v) is 10.9. The van der Waals surface area contributed by atoms with Crippen LogP contribution in [0.25, 0.3) is 0 Å². The summed E-state index contributed by atoms with van der Waals surface area (Å²) in [5.41, 5.74) is 0.248. The Morgan fingerprint density at radius 3 is 1.97 bits per heavy atom. The summed E-state index contributed by atoms with van der Waals surface area (Å²) in [6.07, 6.45) is 6.20. The molecule has 0 aromatic rings. The van der Waals surface area contributed by atoms with E-state index in [2.05, 4.69) is 9.80 Å². The Balaban J connectivity index is 1.56. The van der Waals surface area contributed by atoms with Crippen molar-refractivity contribution in [2.45, 2.75) is 38.5 Å². The van der Waals surface area contributed by atoms with Gasteiger partial charge in [0.1, 0.15) is 0 Å². The average molecular weight is 413 g/mol. The van der Waals surface area contributed by atoms with Crippen molar-refractivity contribution in [2.75, 3.05) is 72.3 Å². The fourth-order valence-corrected chi connectivity index (χ4v) is 3.57. The standard InChI is InChI=1S/C21H36N2O6/c24-20(25)18-19(6-5-8-23-11-16-28-17-12-23)21(26)29-13-4-2-1-3-7-22-9-14-27-15-10-22/h18H,1-17H2,(H,24,25)/b19-18+. The van der Waals surface area contributed by atoms with E-state index in [1.807, 2.05) is 0 Å². The monoisotopic (exact) mass is 412 g/mol.